The Kier molecular flexibility index (Phi) is 2.66. The minimum Gasteiger partial charge on any atom is -0.468 e. The molecule has 0 spiro atoms. The molecule has 72 valence electrons. The molecule has 1 atom stereocenters. The lowest BCUT2D eigenvalue weighted by atomic mass is 10.2. The first kappa shape index (κ1) is 8.78. The van der Waals surface area contributed by atoms with E-state index >= 15 is 0 Å². The Morgan fingerprint density at radius 2 is 2.15 bits per heavy atom. The van der Waals surface area contributed by atoms with Crippen LogP contribution in [0.1, 0.15) is 18.7 Å². The third kappa shape index (κ3) is 1.92. The van der Waals surface area contributed by atoms with Crippen molar-refractivity contribution in [3.8, 4) is 0 Å². The summed E-state index contributed by atoms with van der Waals surface area (Å²) in [6.45, 7) is 5.85. The first-order valence-corrected chi connectivity index (χ1v) is 4.73. The molecule has 0 saturated carbocycles. The van der Waals surface area contributed by atoms with Gasteiger partial charge in [0.15, 0.2) is 0 Å². The van der Waals surface area contributed by atoms with Crippen molar-refractivity contribution in [2.75, 3.05) is 26.3 Å². The molecule has 3 heteroatoms. The maximum atomic E-state index is 5.37. The summed E-state index contributed by atoms with van der Waals surface area (Å²) in [4.78, 5) is 2.38. The lowest BCUT2D eigenvalue weighted by Crippen LogP contribution is -2.37. The average molecular weight is 181 g/mol. The monoisotopic (exact) mass is 181 g/mol. The van der Waals surface area contributed by atoms with E-state index in [1.807, 2.05) is 12.1 Å². The van der Waals surface area contributed by atoms with Gasteiger partial charge in [-0.15, -0.1) is 0 Å². The molecule has 0 aromatic carbocycles. The number of ether oxygens (including phenoxy) is 1. The van der Waals surface area contributed by atoms with Crippen molar-refractivity contribution >= 4 is 0 Å². The van der Waals surface area contributed by atoms with Crippen LogP contribution in [0.2, 0.25) is 0 Å². The number of morpholine rings is 1. The number of rotatable bonds is 2. The van der Waals surface area contributed by atoms with Gasteiger partial charge in [0.25, 0.3) is 0 Å². The molecule has 0 N–H and O–H groups in total. The zero-order valence-electron chi connectivity index (χ0n) is 7.90. The van der Waals surface area contributed by atoms with Gasteiger partial charge in [-0.1, -0.05) is 0 Å². The van der Waals surface area contributed by atoms with Crippen LogP contribution in [0.25, 0.3) is 0 Å². The van der Waals surface area contributed by atoms with Gasteiger partial charge >= 0.3 is 0 Å². The average Bonchev–Trinajstić information content (AvgIpc) is 2.71. The quantitative estimate of drug-likeness (QED) is 0.694. The van der Waals surface area contributed by atoms with E-state index in [0.717, 1.165) is 32.1 Å². The fraction of sp³-hybridized carbons (Fsp3) is 0.600. The molecule has 1 unspecified atom stereocenters. The van der Waals surface area contributed by atoms with Crippen molar-refractivity contribution in [3.05, 3.63) is 24.2 Å². The molecule has 0 aliphatic carbocycles. The summed E-state index contributed by atoms with van der Waals surface area (Å²) in [5, 5.41) is 0. The first-order chi connectivity index (χ1) is 6.38. The first-order valence-electron chi connectivity index (χ1n) is 4.73. The Balaban J connectivity index is 1.99. The molecular weight excluding hydrogens is 166 g/mol. The van der Waals surface area contributed by atoms with Crippen LogP contribution in [-0.2, 0) is 4.74 Å². The van der Waals surface area contributed by atoms with E-state index in [4.69, 9.17) is 9.15 Å². The van der Waals surface area contributed by atoms with Gasteiger partial charge in [0.05, 0.1) is 25.5 Å². The number of nitrogens with zero attached hydrogens (tertiary/aromatic N) is 1. The van der Waals surface area contributed by atoms with Crippen molar-refractivity contribution in [1.82, 2.24) is 4.90 Å². The van der Waals surface area contributed by atoms with Crippen LogP contribution in [0.4, 0.5) is 0 Å². The lowest BCUT2D eigenvalue weighted by molar-refractivity contribution is 0.0157. The van der Waals surface area contributed by atoms with Gasteiger partial charge < -0.3 is 9.15 Å². The smallest absolute Gasteiger partial charge is 0.120 e. The maximum absolute atomic E-state index is 5.37. The molecule has 2 heterocycles. The van der Waals surface area contributed by atoms with E-state index in [1.54, 1.807) is 6.26 Å². The zero-order chi connectivity index (χ0) is 9.10. The fourth-order valence-electron chi connectivity index (χ4n) is 1.67. The van der Waals surface area contributed by atoms with Gasteiger partial charge in [-0.3, -0.25) is 4.90 Å². The molecule has 3 nitrogen and oxygen atoms in total. The van der Waals surface area contributed by atoms with Crippen LogP contribution in [0.5, 0.6) is 0 Å². The summed E-state index contributed by atoms with van der Waals surface area (Å²) in [6, 6.07) is 4.34. The van der Waals surface area contributed by atoms with Crippen LogP contribution in [0.3, 0.4) is 0 Å². The third-order valence-electron chi connectivity index (χ3n) is 2.55. The predicted octanol–water partition coefficient (Wildman–Crippen LogP) is 1.67. The van der Waals surface area contributed by atoms with E-state index in [2.05, 4.69) is 11.8 Å². The molecule has 1 aromatic heterocycles. The fourth-order valence-corrected chi connectivity index (χ4v) is 1.67. The number of hydrogen-bond donors (Lipinski definition) is 0. The minimum atomic E-state index is 0.374. The van der Waals surface area contributed by atoms with Gasteiger partial charge in [-0.2, -0.15) is 0 Å². The van der Waals surface area contributed by atoms with Gasteiger partial charge in [-0.25, -0.2) is 0 Å². The van der Waals surface area contributed by atoms with Gasteiger partial charge in [0.2, 0.25) is 0 Å². The van der Waals surface area contributed by atoms with Gasteiger partial charge in [0.1, 0.15) is 5.76 Å². The summed E-state index contributed by atoms with van der Waals surface area (Å²) in [5.41, 5.74) is 0. The Morgan fingerprint density at radius 1 is 1.38 bits per heavy atom. The van der Waals surface area contributed by atoms with Crippen LogP contribution in [-0.4, -0.2) is 31.2 Å². The highest BCUT2D eigenvalue weighted by Gasteiger charge is 2.19. The van der Waals surface area contributed by atoms with Crippen LogP contribution in [0.15, 0.2) is 22.8 Å². The standard InChI is InChI=1S/C10H15NO2/c1-9(10-3-2-6-13-10)11-4-7-12-8-5-11/h2-3,6,9H,4-5,7-8H2,1H3. The van der Waals surface area contributed by atoms with Crippen molar-refractivity contribution in [2.24, 2.45) is 0 Å². The highest BCUT2D eigenvalue weighted by atomic mass is 16.5. The summed E-state index contributed by atoms with van der Waals surface area (Å²) in [6.07, 6.45) is 1.73. The Bertz CT molecular complexity index is 239. The summed E-state index contributed by atoms with van der Waals surface area (Å²) < 4.78 is 10.7. The largest absolute Gasteiger partial charge is 0.468 e. The number of furan rings is 1. The van der Waals surface area contributed by atoms with Crippen LogP contribution in [0, 0.1) is 0 Å². The molecule has 1 aromatic rings. The number of hydrogen-bond acceptors (Lipinski definition) is 3. The van der Waals surface area contributed by atoms with Crippen molar-refractivity contribution in [3.63, 3.8) is 0 Å². The van der Waals surface area contributed by atoms with Crippen LogP contribution >= 0.6 is 0 Å². The predicted molar refractivity (Wildman–Crippen MR) is 49.5 cm³/mol. The van der Waals surface area contributed by atoms with E-state index in [9.17, 15) is 0 Å². The molecule has 1 aliphatic heterocycles. The Morgan fingerprint density at radius 3 is 2.77 bits per heavy atom. The molecule has 1 aliphatic rings. The second-order valence-electron chi connectivity index (χ2n) is 3.34. The van der Waals surface area contributed by atoms with E-state index < -0.39 is 0 Å². The summed E-state index contributed by atoms with van der Waals surface area (Å²) >= 11 is 0. The Labute approximate surface area is 78.3 Å². The van der Waals surface area contributed by atoms with Crippen LogP contribution < -0.4 is 0 Å². The minimum absolute atomic E-state index is 0.374. The van der Waals surface area contributed by atoms with E-state index in [1.165, 1.54) is 0 Å². The molecule has 0 amide bonds. The second-order valence-corrected chi connectivity index (χ2v) is 3.34. The summed E-state index contributed by atoms with van der Waals surface area (Å²) in [5.74, 6) is 1.04. The van der Waals surface area contributed by atoms with Crippen molar-refractivity contribution in [2.45, 2.75) is 13.0 Å². The highest BCUT2D eigenvalue weighted by molar-refractivity contribution is 5.03. The second kappa shape index (κ2) is 3.94. The zero-order valence-corrected chi connectivity index (χ0v) is 7.90. The molecule has 0 radical (unpaired) electrons. The van der Waals surface area contributed by atoms with E-state index in [-0.39, 0.29) is 0 Å². The van der Waals surface area contributed by atoms with E-state index in [0.29, 0.717) is 6.04 Å². The SMILES string of the molecule is CC(c1ccco1)N1CCOCC1. The lowest BCUT2D eigenvalue weighted by Gasteiger charge is -2.30. The van der Waals surface area contributed by atoms with Gasteiger partial charge in [0, 0.05) is 13.1 Å². The normalized spacial score (nSPS) is 21.6. The topological polar surface area (TPSA) is 25.6 Å². The molecule has 0 bridgehead atoms. The Hall–Kier alpha value is -0.800. The van der Waals surface area contributed by atoms with Gasteiger partial charge in [-0.05, 0) is 19.1 Å². The highest BCUT2D eigenvalue weighted by Crippen LogP contribution is 2.20. The summed E-state index contributed by atoms with van der Waals surface area (Å²) in [7, 11) is 0. The third-order valence-corrected chi connectivity index (χ3v) is 2.55. The molecular formula is C10H15NO2. The molecule has 1 fully saturated rings. The maximum Gasteiger partial charge on any atom is 0.120 e. The van der Waals surface area contributed by atoms with Crippen molar-refractivity contribution < 1.29 is 9.15 Å². The van der Waals surface area contributed by atoms with Crippen molar-refractivity contribution in [1.29, 1.82) is 0 Å². The molecule has 13 heavy (non-hydrogen) atoms. The molecule has 2 rings (SSSR count). The molecule has 1 saturated heterocycles.